The molecular weight excluding hydrogens is 314 g/mol. The predicted molar refractivity (Wildman–Crippen MR) is 89.2 cm³/mol. The maximum atomic E-state index is 12.6. The Labute approximate surface area is 138 Å². The summed E-state index contributed by atoms with van der Waals surface area (Å²) in [6, 6.07) is 5.18. The first-order valence-electron chi connectivity index (χ1n) is 7.76. The third kappa shape index (κ3) is 3.13. The van der Waals surface area contributed by atoms with Crippen molar-refractivity contribution >= 4 is 21.7 Å². The van der Waals surface area contributed by atoms with E-state index in [-0.39, 0.29) is 4.90 Å². The first-order valence-corrected chi connectivity index (χ1v) is 9.20. The van der Waals surface area contributed by atoms with Gasteiger partial charge in [-0.15, -0.1) is 0 Å². The van der Waals surface area contributed by atoms with Gasteiger partial charge in [0.05, 0.1) is 23.3 Å². The zero-order chi connectivity index (χ0) is 17.2. The molecule has 0 bridgehead atoms. The van der Waals surface area contributed by atoms with Gasteiger partial charge < -0.3 is 4.74 Å². The minimum atomic E-state index is -3.60. The van der Waals surface area contributed by atoms with E-state index in [0.29, 0.717) is 23.3 Å². The minimum absolute atomic E-state index is 0.248. The Morgan fingerprint density at radius 2 is 1.96 bits per heavy atom. The van der Waals surface area contributed by atoms with Gasteiger partial charge in [0.15, 0.2) is 0 Å². The van der Waals surface area contributed by atoms with Gasteiger partial charge in [0.2, 0.25) is 0 Å². The number of aryl methyl sites for hydroxylation is 1. The molecular formula is C17H23NO4S. The van der Waals surface area contributed by atoms with Gasteiger partial charge in [-0.25, -0.2) is 13.2 Å². The van der Waals surface area contributed by atoms with E-state index in [2.05, 4.69) is 6.92 Å². The zero-order valence-electron chi connectivity index (χ0n) is 14.0. The van der Waals surface area contributed by atoms with Crippen LogP contribution in [0.25, 0.3) is 5.70 Å². The van der Waals surface area contributed by atoms with Crippen LogP contribution in [0, 0.1) is 6.92 Å². The molecule has 0 amide bonds. The summed E-state index contributed by atoms with van der Waals surface area (Å²) in [6.45, 7) is 3.98. The average molecular weight is 337 g/mol. The van der Waals surface area contributed by atoms with E-state index in [1.165, 1.54) is 18.5 Å². The standard InChI is InChI=1S/C17H23NO4S/c1-5-6-7-8-13(17(19)22-4)16-14-11-12(2)9-10-15(14)23(20,21)18(16)3/h9-11H,5-8H2,1-4H3/b16-13+. The number of carbonyl (C=O) groups excluding carboxylic acids is 1. The summed E-state index contributed by atoms with van der Waals surface area (Å²) in [5.74, 6) is -0.465. The highest BCUT2D eigenvalue weighted by Gasteiger charge is 2.38. The van der Waals surface area contributed by atoms with Gasteiger partial charge >= 0.3 is 5.97 Å². The average Bonchev–Trinajstić information content (AvgIpc) is 2.70. The van der Waals surface area contributed by atoms with Crippen LogP contribution in [-0.2, 0) is 19.6 Å². The minimum Gasteiger partial charge on any atom is -0.466 e. The van der Waals surface area contributed by atoms with Crippen LogP contribution in [0.2, 0.25) is 0 Å². The van der Waals surface area contributed by atoms with Crippen molar-refractivity contribution in [2.24, 2.45) is 0 Å². The molecule has 1 aromatic rings. The van der Waals surface area contributed by atoms with Gasteiger partial charge in [0.1, 0.15) is 0 Å². The van der Waals surface area contributed by atoms with Gasteiger partial charge in [-0.2, -0.15) is 0 Å². The lowest BCUT2D eigenvalue weighted by Crippen LogP contribution is -2.21. The lowest BCUT2D eigenvalue weighted by molar-refractivity contribution is -0.136. The molecule has 1 aliphatic rings. The fraction of sp³-hybridized carbons (Fsp3) is 0.471. The number of carbonyl (C=O) groups is 1. The molecule has 5 nitrogen and oxygen atoms in total. The number of methoxy groups -OCH3 is 1. The van der Waals surface area contributed by atoms with Crippen molar-refractivity contribution < 1.29 is 17.9 Å². The number of sulfonamides is 1. The molecule has 0 saturated heterocycles. The van der Waals surface area contributed by atoms with E-state index in [1.807, 2.05) is 13.0 Å². The van der Waals surface area contributed by atoms with Gasteiger partial charge in [0.25, 0.3) is 10.0 Å². The number of unbranched alkanes of at least 4 members (excludes halogenated alkanes) is 2. The molecule has 2 rings (SSSR count). The maximum absolute atomic E-state index is 12.6. The lowest BCUT2D eigenvalue weighted by Gasteiger charge is -2.17. The number of ether oxygens (including phenoxy) is 1. The van der Waals surface area contributed by atoms with Crippen LogP contribution in [0.15, 0.2) is 28.7 Å². The molecule has 1 aliphatic heterocycles. The normalized spacial score (nSPS) is 17.8. The summed E-state index contributed by atoms with van der Waals surface area (Å²) >= 11 is 0. The molecule has 0 unspecified atom stereocenters. The fourth-order valence-corrected chi connectivity index (χ4v) is 4.25. The molecule has 126 valence electrons. The summed E-state index contributed by atoms with van der Waals surface area (Å²) in [7, 11) is -0.788. The Bertz CT molecular complexity index is 750. The molecule has 0 spiro atoms. The van der Waals surface area contributed by atoms with E-state index >= 15 is 0 Å². The number of esters is 1. The Morgan fingerprint density at radius 1 is 1.26 bits per heavy atom. The molecule has 0 atom stereocenters. The van der Waals surface area contributed by atoms with Gasteiger partial charge in [-0.3, -0.25) is 4.31 Å². The molecule has 0 fully saturated rings. The molecule has 0 aromatic heterocycles. The first kappa shape index (κ1) is 17.5. The zero-order valence-corrected chi connectivity index (χ0v) is 14.9. The summed E-state index contributed by atoms with van der Waals surface area (Å²) in [4.78, 5) is 12.5. The second-order valence-electron chi connectivity index (χ2n) is 5.75. The molecule has 23 heavy (non-hydrogen) atoms. The molecule has 0 aliphatic carbocycles. The van der Waals surface area contributed by atoms with Crippen molar-refractivity contribution in [2.75, 3.05) is 14.2 Å². The first-order chi connectivity index (χ1) is 10.8. The van der Waals surface area contributed by atoms with Crippen LogP contribution in [0.4, 0.5) is 0 Å². The summed E-state index contributed by atoms with van der Waals surface area (Å²) < 4.78 is 31.3. The summed E-state index contributed by atoms with van der Waals surface area (Å²) in [6.07, 6.45) is 3.32. The largest absolute Gasteiger partial charge is 0.466 e. The van der Waals surface area contributed by atoms with Crippen molar-refractivity contribution in [3.63, 3.8) is 0 Å². The second-order valence-corrected chi connectivity index (χ2v) is 7.69. The van der Waals surface area contributed by atoms with Crippen LogP contribution in [0.1, 0.15) is 43.7 Å². The van der Waals surface area contributed by atoms with Crippen molar-refractivity contribution in [3.8, 4) is 0 Å². The molecule has 0 N–H and O–H groups in total. The smallest absolute Gasteiger partial charge is 0.335 e. The van der Waals surface area contributed by atoms with Crippen LogP contribution in [0.5, 0.6) is 0 Å². The highest BCUT2D eigenvalue weighted by atomic mass is 32.2. The van der Waals surface area contributed by atoms with E-state index < -0.39 is 16.0 Å². The van der Waals surface area contributed by atoms with Gasteiger partial charge in [-0.05, 0) is 31.9 Å². The number of rotatable bonds is 5. The number of nitrogens with zero attached hydrogens (tertiary/aromatic N) is 1. The maximum Gasteiger partial charge on any atom is 0.335 e. The van der Waals surface area contributed by atoms with Crippen LogP contribution in [0.3, 0.4) is 0 Å². The topological polar surface area (TPSA) is 63.7 Å². The van der Waals surface area contributed by atoms with Gasteiger partial charge in [0, 0.05) is 12.6 Å². The van der Waals surface area contributed by atoms with Crippen LogP contribution >= 0.6 is 0 Å². The predicted octanol–water partition coefficient (Wildman–Crippen LogP) is 3.09. The number of hydrogen-bond acceptors (Lipinski definition) is 4. The number of fused-ring (bicyclic) bond motifs is 1. The Balaban J connectivity index is 2.66. The Morgan fingerprint density at radius 3 is 2.57 bits per heavy atom. The van der Waals surface area contributed by atoms with Crippen molar-refractivity contribution in [1.29, 1.82) is 0 Å². The van der Waals surface area contributed by atoms with Crippen molar-refractivity contribution in [2.45, 2.75) is 44.4 Å². The Kier molecular flexibility index (Phi) is 5.14. The number of benzene rings is 1. The monoisotopic (exact) mass is 337 g/mol. The quantitative estimate of drug-likeness (QED) is 0.470. The van der Waals surface area contributed by atoms with E-state index in [4.69, 9.17) is 4.74 Å². The highest BCUT2D eigenvalue weighted by Crippen LogP contribution is 2.41. The van der Waals surface area contributed by atoms with E-state index in [1.54, 1.807) is 12.1 Å². The Hall–Kier alpha value is -1.82. The molecule has 0 radical (unpaired) electrons. The summed E-state index contributed by atoms with van der Waals surface area (Å²) in [5, 5.41) is 0. The molecule has 6 heteroatoms. The lowest BCUT2D eigenvalue weighted by atomic mass is 10.00. The highest BCUT2D eigenvalue weighted by molar-refractivity contribution is 7.90. The summed E-state index contributed by atoms with van der Waals surface area (Å²) in [5.41, 5.74) is 2.41. The van der Waals surface area contributed by atoms with Crippen molar-refractivity contribution in [1.82, 2.24) is 4.31 Å². The fourth-order valence-electron chi connectivity index (χ4n) is 2.84. The SMILES string of the molecule is CCCCC/C(C(=O)OC)=C1/c2cc(C)ccc2S(=O)(=O)N1C. The third-order valence-electron chi connectivity index (χ3n) is 4.09. The van der Waals surface area contributed by atoms with Gasteiger partial charge in [-0.1, -0.05) is 31.4 Å². The van der Waals surface area contributed by atoms with E-state index in [0.717, 1.165) is 24.8 Å². The van der Waals surface area contributed by atoms with Crippen LogP contribution in [-0.4, -0.2) is 32.8 Å². The number of hydrogen-bond donors (Lipinski definition) is 0. The van der Waals surface area contributed by atoms with E-state index in [9.17, 15) is 13.2 Å². The molecule has 0 saturated carbocycles. The van der Waals surface area contributed by atoms with Crippen LogP contribution < -0.4 is 0 Å². The van der Waals surface area contributed by atoms with Crippen molar-refractivity contribution in [3.05, 3.63) is 34.9 Å². The molecule has 1 aromatic carbocycles. The molecule has 1 heterocycles. The second kappa shape index (κ2) is 6.74. The third-order valence-corrected chi connectivity index (χ3v) is 5.91.